The van der Waals surface area contributed by atoms with E-state index in [0.717, 1.165) is 23.2 Å². The fourth-order valence-corrected chi connectivity index (χ4v) is 4.08. The van der Waals surface area contributed by atoms with E-state index >= 15 is 0 Å². The molecule has 1 aliphatic heterocycles. The van der Waals surface area contributed by atoms with E-state index < -0.39 is 6.36 Å². The lowest BCUT2D eigenvalue weighted by molar-refractivity contribution is -0.274. The van der Waals surface area contributed by atoms with Crippen LogP contribution in [0.15, 0.2) is 48.8 Å². The first-order valence-corrected chi connectivity index (χ1v) is 10.5. The monoisotopic (exact) mass is 463 g/mol. The molecular formula is C23H21ClF3N3O2. The predicted molar refractivity (Wildman–Crippen MR) is 114 cm³/mol. The zero-order chi connectivity index (χ0) is 23.0. The molecule has 5 nitrogen and oxygen atoms in total. The highest BCUT2D eigenvalue weighted by atomic mass is 35.5. The molecule has 0 aliphatic carbocycles. The number of rotatable bonds is 6. The number of halogens is 4. The highest BCUT2D eigenvalue weighted by molar-refractivity contribution is 6.34. The first kappa shape index (κ1) is 22.2. The smallest absolute Gasteiger partial charge is 0.406 e. The fraction of sp³-hybridized carbons (Fsp3) is 0.304. The number of hydrogen-bond acceptors (Lipinski definition) is 3. The van der Waals surface area contributed by atoms with Crippen molar-refractivity contribution >= 4 is 17.5 Å². The standard InChI is InChI=1S/C23H21ClF3N3O2/c1-14(2)10-30-13-18(9-28-30)16-7-17-12-29(22(31)21(17)20(24)8-16)11-15-3-5-19(6-4-15)32-23(25,26)27/h3-9,13-14H,10-12H2,1-2H3. The molecular weight excluding hydrogens is 443 g/mol. The molecule has 0 atom stereocenters. The van der Waals surface area contributed by atoms with Crippen molar-refractivity contribution in [3.05, 3.63) is 70.5 Å². The van der Waals surface area contributed by atoms with Crippen LogP contribution in [0.25, 0.3) is 11.1 Å². The number of hydrogen-bond donors (Lipinski definition) is 0. The van der Waals surface area contributed by atoms with Crippen LogP contribution in [-0.4, -0.2) is 26.9 Å². The summed E-state index contributed by atoms with van der Waals surface area (Å²) in [5.41, 5.74) is 3.76. The number of aromatic nitrogens is 2. The number of ether oxygens (including phenoxy) is 1. The van der Waals surface area contributed by atoms with Gasteiger partial charge in [-0.15, -0.1) is 13.2 Å². The largest absolute Gasteiger partial charge is 0.573 e. The van der Waals surface area contributed by atoms with E-state index in [0.29, 0.717) is 28.6 Å². The van der Waals surface area contributed by atoms with Gasteiger partial charge in [0.05, 0.1) is 16.8 Å². The van der Waals surface area contributed by atoms with Crippen molar-refractivity contribution in [1.82, 2.24) is 14.7 Å². The first-order valence-electron chi connectivity index (χ1n) is 10.1. The minimum Gasteiger partial charge on any atom is -0.406 e. The van der Waals surface area contributed by atoms with Crippen molar-refractivity contribution in [2.45, 2.75) is 39.8 Å². The van der Waals surface area contributed by atoms with Crippen molar-refractivity contribution in [2.75, 3.05) is 0 Å². The van der Waals surface area contributed by atoms with Gasteiger partial charge in [-0.05, 0) is 46.9 Å². The number of carbonyl (C=O) groups excluding carboxylic acids is 1. The molecule has 2 aromatic carbocycles. The minimum absolute atomic E-state index is 0.206. The van der Waals surface area contributed by atoms with Gasteiger partial charge in [0.2, 0.25) is 0 Å². The summed E-state index contributed by atoms with van der Waals surface area (Å²) >= 11 is 6.46. The second kappa shape index (κ2) is 8.50. The molecule has 9 heteroatoms. The molecule has 0 saturated heterocycles. The van der Waals surface area contributed by atoms with E-state index in [2.05, 4.69) is 23.7 Å². The molecule has 1 aromatic heterocycles. The molecule has 0 fully saturated rings. The maximum Gasteiger partial charge on any atom is 0.573 e. The zero-order valence-electron chi connectivity index (χ0n) is 17.5. The Hall–Kier alpha value is -3.00. The van der Waals surface area contributed by atoms with E-state index in [9.17, 15) is 18.0 Å². The average Bonchev–Trinajstić information content (AvgIpc) is 3.26. The van der Waals surface area contributed by atoms with Crippen molar-refractivity contribution in [1.29, 1.82) is 0 Å². The van der Waals surface area contributed by atoms with Crippen LogP contribution >= 0.6 is 11.6 Å². The summed E-state index contributed by atoms with van der Waals surface area (Å²) in [6.07, 6.45) is -1.01. The number of benzene rings is 2. The lowest BCUT2D eigenvalue weighted by atomic mass is 10.0. The topological polar surface area (TPSA) is 47.4 Å². The van der Waals surface area contributed by atoms with Crippen LogP contribution in [0.5, 0.6) is 5.75 Å². The molecule has 0 N–H and O–H groups in total. The maximum atomic E-state index is 12.9. The van der Waals surface area contributed by atoms with Crippen LogP contribution in [0.4, 0.5) is 13.2 Å². The summed E-state index contributed by atoms with van der Waals surface area (Å²) in [6, 6.07) is 9.19. The lowest BCUT2D eigenvalue weighted by Gasteiger charge is -2.16. The minimum atomic E-state index is -4.74. The van der Waals surface area contributed by atoms with E-state index in [1.807, 2.05) is 16.9 Å². The van der Waals surface area contributed by atoms with E-state index in [-0.39, 0.29) is 18.2 Å². The average molecular weight is 464 g/mol. The summed E-state index contributed by atoms with van der Waals surface area (Å²) in [5, 5.41) is 4.76. The van der Waals surface area contributed by atoms with Gasteiger partial charge in [-0.1, -0.05) is 37.6 Å². The highest BCUT2D eigenvalue weighted by Gasteiger charge is 2.32. The predicted octanol–water partition coefficient (Wildman–Crippen LogP) is 5.91. The third-order valence-corrected chi connectivity index (χ3v) is 5.38. The third-order valence-electron chi connectivity index (χ3n) is 5.08. The molecule has 0 unspecified atom stereocenters. The summed E-state index contributed by atoms with van der Waals surface area (Å²) in [5.74, 6) is -0.0442. The molecule has 32 heavy (non-hydrogen) atoms. The molecule has 168 valence electrons. The van der Waals surface area contributed by atoms with E-state index in [4.69, 9.17) is 11.6 Å². The summed E-state index contributed by atoms with van der Waals surface area (Å²) < 4.78 is 42.8. The Morgan fingerprint density at radius 1 is 1.16 bits per heavy atom. The number of nitrogens with zero attached hydrogens (tertiary/aromatic N) is 3. The van der Waals surface area contributed by atoms with Crippen LogP contribution in [0, 0.1) is 5.92 Å². The lowest BCUT2D eigenvalue weighted by Crippen LogP contribution is -2.23. The highest BCUT2D eigenvalue weighted by Crippen LogP contribution is 2.35. The Labute approximate surface area is 188 Å². The van der Waals surface area contributed by atoms with Gasteiger partial charge in [0.15, 0.2) is 0 Å². The number of carbonyl (C=O) groups is 1. The summed E-state index contributed by atoms with van der Waals surface area (Å²) in [7, 11) is 0. The van der Waals surface area contributed by atoms with E-state index in [1.54, 1.807) is 17.2 Å². The summed E-state index contributed by atoms with van der Waals surface area (Å²) in [4.78, 5) is 14.5. The Bertz CT molecular complexity index is 1140. The van der Waals surface area contributed by atoms with Crippen LogP contribution in [0.1, 0.15) is 35.3 Å². The van der Waals surface area contributed by atoms with Gasteiger partial charge < -0.3 is 9.64 Å². The first-order chi connectivity index (χ1) is 15.1. The van der Waals surface area contributed by atoms with Crippen molar-refractivity contribution in [2.24, 2.45) is 5.92 Å². The molecule has 0 spiro atoms. The van der Waals surface area contributed by atoms with Crippen LogP contribution in [0.2, 0.25) is 5.02 Å². The molecule has 4 rings (SSSR count). The normalized spacial score (nSPS) is 13.7. The van der Waals surface area contributed by atoms with Gasteiger partial charge >= 0.3 is 6.36 Å². The third kappa shape index (κ3) is 4.91. The zero-order valence-corrected chi connectivity index (χ0v) is 18.2. The van der Waals surface area contributed by atoms with Crippen LogP contribution in [-0.2, 0) is 19.6 Å². The molecule has 0 saturated carbocycles. The number of fused-ring (bicyclic) bond motifs is 1. The van der Waals surface area contributed by atoms with Gasteiger partial charge in [0.25, 0.3) is 5.91 Å². The van der Waals surface area contributed by atoms with Crippen LogP contribution < -0.4 is 4.74 Å². The molecule has 0 bridgehead atoms. The van der Waals surface area contributed by atoms with Crippen molar-refractivity contribution in [3.8, 4) is 16.9 Å². The quantitative estimate of drug-likeness (QED) is 0.456. The molecule has 1 aliphatic rings. The van der Waals surface area contributed by atoms with Crippen molar-refractivity contribution < 1.29 is 22.7 Å². The van der Waals surface area contributed by atoms with Gasteiger partial charge in [-0.25, -0.2) is 0 Å². The Kier molecular flexibility index (Phi) is 5.90. The molecule has 3 aromatic rings. The van der Waals surface area contributed by atoms with Gasteiger partial charge in [0.1, 0.15) is 5.75 Å². The maximum absolute atomic E-state index is 12.9. The summed E-state index contributed by atoms with van der Waals surface area (Å²) in [6.45, 7) is 5.65. The number of alkyl halides is 3. The second-order valence-corrected chi connectivity index (χ2v) is 8.60. The SMILES string of the molecule is CC(C)Cn1cc(-c2cc(Cl)c3c(c2)CN(Cc2ccc(OC(F)(F)F)cc2)C3=O)cn1. The molecule has 2 heterocycles. The van der Waals surface area contributed by atoms with E-state index in [1.165, 1.54) is 24.3 Å². The van der Waals surface area contributed by atoms with Crippen molar-refractivity contribution in [3.63, 3.8) is 0 Å². The fourth-order valence-electron chi connectivity index (χ4n) is 3.76. The molecule has 0 radical (unpaired) electrons. The number of amides is 1. The second-order valence-electron chi connectivity index (χ2n) is 8.19. The molecule has 1 amide bonds. The Morgan fingerprint density at radius 3 is 2.53 bits per heavy atom. The Morgan fingerprint density at radius 2 is 1.88 bits per heavy atom. The Balaban J connectivity index is 1.51. The van der Waals surface area contributed by atoms with Crippen LogP contribution in [0.3, 0.4) is 0 Å². The van der Waals surface area contributed by atoms with Gasteiger partial charge in [-0.3, -0.25) is 9.48 Å². The van der Waals surface area contributed by atoms with Gasteiger partial charge in [-0.2, -0.15) is 5.10 Å². The van der Waals surface area contributed by atoms with Gasteiger partial charge in [0, 0.05) is 31.4 Å².